The monoisotopic (exact) mass is 360 g/mol. The highest BCUT2D eigenvalue weighted by atomic mass is 32.2. The van der Waals surface area contributed by atoms with Gasteiger partial charge in [0.15, 0.2) is 17.3 Å². The number of ketones is 1. The van der Waals surface area contributed by atoms with Crippen LogP contribution in [0.25, 0.3) is 11.5 Å². The van der Waals surface area contributed by atoms with Crippen LogP contribution in [0.5, 0.6) is 11.5 Å². The van der Waals surface area contributed by atoms with Gasteiger partial charge in [-0.3, -0.25) is 4.79 Å². The van der Waals surface area contributed by atoms with Crippen molar-refractivity contribution in [3.63, 3.8) is 0 Å². The zero-order valence-electron chi connectivity index (χ0n) is 13.9. The zero-order chi connectivity index (χ0) is 18.4. The Hall–Kier alpha value is -2.99. The summed E-state index contributed by atoms with van der Waals surface area (Å²) in [7, 11) is 3.07. The molecule has 2 N–H and O–H groups in total. The first kappa shape index (κ1) is 18.4. The third-order valence-corrected chi connectivity index (χ3v) is 3.97. The van der Waals surface area contributed by atoms with E-state index in [2.05, 4.69) is 10.2 Å². The number of methoxy groups -OCH3 is 2. The number of nitriles is 1. The average molecular weight is 360 g/mol. The number of rotatable bonds is 7. The number of hydrogen-bond acceptors (Lipinski definition) is 9. The summed E-state index contributed by atoms with van der Waals surface area (Å²) in [5.41, 5.74) is 6.28. The van der Waals surface area contributed by atoms with Crippen LogP contribution < -0.4 is 15.2 Å². The number of allylic oxidation sites excluding steroid dienone is 2. The zero-order valence-corrected chi connectivity index (χ0v) is 14.7. The van der Waals surface area contributed by atoms with Crippen LogP contribution in [0.2, 0.25) is 0 Å². The topological polar surface area (TPSA) is 124 Å². The maximum Gasteiger partial charge on any atom is 0.277 e. The van der Waals surface area contributed by atoms with Crippen molar-refractivity contribution < 1.29 is 18.7 Å². The fourth-order valence-corrected chi connectivity index (χ4v) is 2.56. The molecule has 0 spiro atoms. The number of carbonyl (C=O) groups is 1. The van der Waals surface area contributed by atoms with Crippen molar-refractivity contribution in [2.24, 2.45) is 5.73 Å². The smallest absolute Gasteiger partial charge is 0.277 e. The van der Waals surface area contributed by atoms with E-state index in [0.717, 1.165) is 11.8 Å². The summed E-state index contributed by atoms with van der Waals surface area (Å²) in [6.45, 7) is 1.50. The van der Waals surface area contributed by atoms with Gasteiger partial charge in [-0.1, -0.05) is 11.8 Å². The maximum atomic E-state index is 11.9. The van der Waals surface area contributed by atoms with Crippen LogP contribution in [0.1, 0.15) is 6.92 Å². The van der Waals surface area contributed by atoms with Gasteiger partial charge in [0.2, 0.25) is 5.89 Å². The standard InChI is InChI=1S/C16H16N4O4S/c1-9(18)11(7-17)12(21)8-25-16-20-19-15(24-16)10-4-5-13(22-2)14(6-10)23-3/h4-6H,8,18H2,1-3H3/b11-9-. The lowest BCUT2D eigenvalue weighted by atomic mass is 10.2. The molecule has 0 aliphatic rings. The molecule has 0 saturated carbocycles. The van der Waals surface area contributed by atoms with Gasteiger partial charge in [0.1, 0.15) is 11.6 Å². The van der Waals surface area contributed by atoms with E-state index in [1.165, 1.54) is 14.0 Å². The molecule has 0 saturated heterocycles. The van der Waals surface area contributed by atoms with Crippen molar-refractivity contribution in [2.75, 3.05) is 20.0 Å². The van der Waals surface area contributed by atoms with Gasteiger partial charge in [-0.2, -0.15) is 5.26 Å². The molecule has 1 aromatic heterocycles. The van der Waals surface area contributed by atoms with E-state index in [0.29, 0.717) is 17.1 Å². The molecule has 0 aliphatic heterocycles. The minimum absolute atomic E-state index is 0.0228. The molecule has 8 nitrogen and oxygen atoms in total. The molecule has 9 heteroatoms. The second-order valence-electron chi connectivity index (χ2n) is 4.82. The van der Waals surface area contributed by atoms with Crippen LogP contribution in [0.4, 0.5) is 0 Å². The Balaban J connectivity index is 2.12. The largest absolute Gasteiger partial charge is 0.493 e. The summed E-state index contributed by atoms with van der Waals surface area (Å²) in [5.74, 6) is 0.981. The van der Waals surface area contributed by atoms with E-state index in [1.54, 1.807) is 31.4 Å². The summed E-state index contributed by atoms with van der Waals surface area (Å²) in [6, 6.07) is 6.98. The van der Waals surface area contributed by atoms with Gasteiger partial charge in [-0.05, 0) is 25.1 Å². The van der Waals surface area contributed by atoms with Crippen molar-refractivity contribution >= 4 is 17.5 Å². The van der Waals surface area contributed by atoms with Gasteiger partial charge in [0.05, 0.1) is 20.0 Å². The Bertz CT molecular complexity index is 850. The summed E-state index contributed by atoms with van der Waals surface area (Å²) in [6.07, 6.45) is 0. The molecule has 0 radical (unpaired) electrons. The predicted octanol–water partition coefficient (Wildman–Crippen LogP) is 2.17. The van der Waals surface area contributed by atoms with Gasteiger partial charge < -0.3 is 19.6 Å². The Labute approximate surface area is 148 Å². The van der Waals surface area contributed by atoms with Crippen LogP contribution in [-0.2, 0) is 4.79 Å². The van der Waals surface area contributed by atoms with Crippen molar-refractivity contribution in [1.29, 1.82) is 5.26 Å². The maximum absolute atomic E-state index is 11.9. The van der Waals surface area contributed by atoms with Crippen molar-refractivity contribution in [3.8, 4) is 29.0 Å². The third kappa shape index (κ3) is 4.30. The molecule has 25 heavy (non-hydrogen) atoms. The first-order valence-electron chi connectivity index (χ1n) is 7.08. The summed E-state index contributed by atoms with van der Waals surface area (Å²) < 4.78 is 15.9. The highest BCUT2D eigenvalue weighted by molar-refractivity contribution is 7.99. The third-order valence-electron chi connectivity index (χ3n) is 3.15. The molecule has 0 unspecified atom stereocenters. The normalized spacial score (nSPS) is 11.4. The summed E-state index contributed by atoms with van der Waals surface area (Å²) >= 11 is 1.04. The highest BCUT2D eigenvalue weighted by Crippen LogP contribution is 2.32. The molecular weight excluding hydrogens is 344 g/mol. The predicted molar refractivity (Wildman–Crippen MR) is 91.1 cm³/mol. The fraction of sp³-hybridized carbons (Fsp3) is 0.250. The van der Waals surface area contributed by atoms with Crippen LogP contribution >= 0.6 is 11.8 Å². The molecule has 0 aliphatic carbocycles. The second-order valence-corrected chi connectivity index (χ2v) is 5.75. The Morgan fingerprint density at radius 3 is 2.64 bits per heavy atom. The van der Waals surface area contributed by atoms with Gasteiger partial charge in [-0.15, -0.1) is 10.2 Å². The van der Waals surface area contributed by atoms with Gasteiger partial charge >= 0.3 is 0 Å². The van der Waals surface area contributed by atoms with Gasteiger partial charge in [0, 0.05) is 11.3 Å². The van der Waals surface area contributed by atoms with E-state index < -0.39 is 5.78 Å². The first-order valence-corrected chi connectivity index (χ1v) is 8.07. The number of Topliss-reactive ketones (excluding diaryl/α,β-unsaturated/α-hetero) is 1. The number of hydrogen-bond donors (Lipinski definition) is 1. The molecule has 0 atom stereocenters. The van der Waals surface area contributed by atoms with E-state index in [-0.39, 0.29) is 28.1 Å². The van der Waals surface area contributed by atoms with E-state index in [1.807, 2.05) is 0 Å². The average Bonchev–Trinajstić information content (AvgIpc) is 3.08. The van der Waals surface area contributed by atoms with Crippen molar-refractivity contribution in [2.45, 2.75) is 12.1 Å². The van der Waals surface area contributed by atoms with Crippen LogP contribution in [0.15, 0.2) is 39.1 Å². The number of ether oxygens (including phenoxy) is 2. The first-order chi connectivity index (χ1) is 12.0. The van der Waals surface area contributed by atoms with Crippen LogP contribution in [0.3, 0.4) is 0 Å². The minimum atomic E-state index is -0.390. The molecule has 0 bridgehead atoms. The number of nitrogens with zero attached hydrogens (tertiary/aromatic N) is 3. The summed E-state index contributed by atoms with van der Waals surface area (Å²) in [5, 5.41) is 17.0. The Morgan fingerprint density at radius 2 is 2.04 bits per heavy atom. The SMILES string of the molecule is COc1ccc(-c2nnc(SCC(=O)/C(C#N)=C(/C)N)o2)cc1OC. The van der Waals surface area contributed by atoms with Gasteiger partial charge in [-0.25, -0.2) is 0 Å². The quantitative estimate of drug-likeness (QED) is 0.449. The number of nitrogens with two attached hydrogens (primary N) is 1. The number of benzene rings is 1. The van der Waals surface area contributed by atoms with E-state index >= 15 is 0 Å². The molecule has 2 rings (SSSR count). The number of aromatic nitrogens is 2. The Morgan fingerprint density at radius 1 is 1.32 bits per heavy atom. The molecule has 0 amide bonds. The molecule has 1 heterocycles. The van der Waals surface area contributed by atoms with Crippen molar-refractivity contribution in [1.82, 2.24) is 10.2 Å². The number of carbonyl (C=O) groups excluding carboxylic acids is 1. The molecule has 130 valence electrons. The Kier molecular flexibility index (Phi) is 6.03. The van der Waals surface area contributed by atoms with Gasteiger partial charge in [0.25, 0.3) is 5.22 Å². The molecular formula is C16H16N4O4S. The van der Waals surface area contributed by atoms with Crippen LogP contribution in [-0.4, -0.2) is 36.0 Å². The van der Waals surface area contributed by atoms with Crippen molar-refractivity contribution in [3.05, 3.63) is 29.5 Å². The second kappa shape index (κ2) is 8.21. The summed E-state index contributed by atoms with van der Waals surface area (Å²) in [4.78, 5) is 11.9. The number of thioether (sulfide) groups is 1. The van der Waals surface area contributed by atoms with E-state index in [9.17, 15) is 4.79 Å². The van der Waals surface area contributed by atoms with Crippen LogP contribution in [0, 0.1) is 11.3 Å². The lowest BCUT2D eigenvalue weighted by Gasteiger charge is -2.07. The lowest BCUT2D eigenvalue weighted by Crippen LogP contribution is -2.10. The highest BCUT2D eigenvalue weighted by Gasteiger charge is 2.16. The van der Waals surface area contributed by atoms with E-state index in [4.69, 9.17) is 24.9 Å². The minimum Gasteiger partial charge on any atom is -0.493 e. The molecule has 2 aromatic rings. The fourth-order valence-electron chi connectivity index (χ4n) is 1.92. The lowest BCUT2D eigenvalue weighted by molar-refractivity contribution is -0.112. The molecule has 1 aromatic carbocycles. The molecule has 0 fully saturated rings.